The molecule has 0 aliphatic heterocycles. The third-order valence-electron chi connectivity index (χ3n) is 5.74. The van der Waals surface area contributed by atoms with Gasteiger partial charge in [-0.05, 0) is 61.9 Å². The number of aromatic nitrogens is 1. The van der Waals surface area contributed by atoms with Crippen molar-refractivity contribution in [3.8, 4) is 0 Å². The molecule has 2 aliphatic rings. The second-order valence-corrected chi connectivity index (χ2v) is 8.06. The summed E-state index contributed by atoms with van der Waals surface area (Å²) in [4.78, 5) is 18.4. The molecule has 0 radical (unpaired) electrons. The average molecular weight is 348 g/mol. The fourth-order valence-electron chi connectivity index (χ4n) is 3.83. The van der Waals surface area contributed by atoms with E-state index in [1.54, 1.807) is 0 Å². The average Bonchev–Trinajstić information content (AvgIpc) is 3.50. The first-order chi connectivity index (χ1) is 12.6. The lowest BCUT2D eigenvalue weighted by Gasteiger charge is -2.20. The van der Waals surface area contributed by atoms with Crippen LogP contribution in [-0.2, 0) is 6.54 Å². The molecule has 0 bridgehead atoms. The summed E-state index contributed by atoms with van der Waals surface area (Å²) in [5.41, 5.74) is 2.88. The molecule has 2 atom stereocenters. The van der Waals surface area contributed by atoms with Crippen molar-refractivity contribution in [1.29, 1.82) is 0 Å². The van der Waals surface area contributed by atoms with Crippen molar-refractivity contribution in [2.24, 2.45) is 5.92 Å². The second kappa shape index (κ2) is 5.76. The van der Waals surface area contributed by atoms with Gasteiger partial charge in [-0.3, -0.25) is 4.79 Å². The van der Waals surface area contributed by atoms with Gasteiger partial charge in [-0.15, -0.1) is 0 Å². The monoisotopic (exact) mass is 348 g/mol. The number of benzene rings is 1. The third-order valence-corrected chi connectivity index (χ3v) is 5.74. The van der Waals surface area contributed by atoms with Crippen LogP contribution >= 0.6 is 0 Å². The van der Waals surface area contributed by atoms with Crippen LogP contribution in [-0.4, -0.2) is 21.8 Å². The van der Waals surface area contributed by atoms with Crippen LogP contribution < -0.4 is 0 Å². The minimum Gasteiger partial charge on any atom is -0.464 e. The molecule has 0 saturated heterocycles. The first-order valence-corrected chi connectivity index (χ1v) is 9.57. The number of carbonyl (C=O) groups is 1. The van der Waals surface area contributed by atoms with E-state index in [1.165, 1.54) is 12.0 Å². The minimum atomic E-state index is 0.0686. The molecule has 4 heteroatoms. The van der Waals surface area contributed by atoms with Gasteiger partial charge in [0.2, 0.25) is 0 Å². The zero-order chi connectivity index (χ0) is 17.8. The largest absolute Gasteiger partial charge is 0.464 e. The number of H-pyrrole nitrogens is 1. The van der Waals surface area contributed by atoms with Crippen molar-refractivity contribution in [3.63, 3.8) is 0 Å². The van der Waals surface area contributed by atoms with Crippen LogP contribution in [0.2, 0.25) is 0 Å². The van der Waals surface area contributed by atoms with Crippen molar-refractivity contribution < 1.29 is 9.21 Å². The Hall–Kier alpha value is -2.49. The van der Waals surface area contributed by atoms with Gasteiger partial charge in [-0.25, -0.2) is 0 Å². The van der Waals surface area contributed by atoms with Gasteiger partial charge in [0.1, 0.15) is 17.2 Å². The van der Waals surface area contributed by atoms with Gasteiger partial charge in [-0.1, -0.05) is 19.1 Å². The highest BCUT2D eigenvalue weighted by Crippen LogP contribution is 2.47. The Morgan fingerprint density at radius 1 is 1.23 bits per heavy atom. The summed E-state index contributed by atoms with van der Waals surface area (Å²) < 4.78 is 6.04. The molecule has 26 heavy (non-hydrogen) atoms. The number of carbonyl (C=O) groups excluding carboxylic acids is 1. The van der Waals surface area contributed by atoms with Crippen molar-refractivity contribution in [2.75, 3.05) is 0 Å². The van der Waals surface area contributed by atoms with Crippen LogP contribution in [0.3, 0.4) is 0 Å². The number of hydrogen-bond acceptors (Lipinski definition) is 2. The maximum absolute atomic E-state index is 13.1. The highest BCUT2D eigenvalue weighted by Gasteiger charge is 2.38. The van der Waals surface area contributed by atoms with E-state index < -0.39 is 0 Å². The summed E-state index contributed by atoms with van der Waals surface area (Å²) in [5, 5.41) is 1.08. The van der Waals surface area contributed by atoms with Gasteiger partial charge < -0.3 is 14.3 Å². The van der Waals surface area contributed by atoms with Crippen LogP contribution in [0.25, 0.3) is 10.9 Å². The van der Waals surface area contributed by atoms with Crippen LogP contribution in [0.4, 0.5) is 0 Å². The molecule has 2 aliphatic carbocycles. The Morgan fingerprint density at radius 3 is 2.77 bits per heavy atom. The zero-order valence-electron chi connectivity index (χ0n) is 15.3. The maximum atomic E-state index is 13.1. The molecule has 1 amide bonds. The zero-order valence-corrected chi connectivity index (χ0v) is 15.3. The van der Waals surface area contributed by atoms with Crippen LogP contribution in [0.15, 0.2) is 40.8 Å². The summed E-state index contributed by atoms with van der Waals surface area (Å²) in [6.07, 6.45) is 3.38. The first-order valence-electron chi connectivity index (χ1n) is 9.57. The minimum absolute atomic E-state index is 0.0686. The molecule has 2 saturated carbocycles. The molecule has 2 fully saturated rings. The number of aromatic amines is 1. The van der Waals surface area contributed by atoms with Gasteiger partial charge in [0.15, 0.2) is 0 Å². The van der Waals surface area contributed by atoms with Crippen molar-refractivity contribution in [3.05, 3.63) is 59.2 Å². The van der Waals surface area contributed by atoms with Gasteiger partial charge in [0.05, 0.1) is 6.54 Å². The first kappa shape index (κ1) is 15.7. The normalized spacial score (nSPS) is 21.9. The Bertz CT molecular complexity index is 979. The van der Waals surface area contributed by atoms with E-state index in [0.717, 1.165) is 41.2 Å². The summed E-state index contributed by atoms with van der Waals surface area (Å²) in [6, 6.07) is 12.7. The quantitative estimate of drug-likeness (QED) is 0.705. The third kappa shape index (κ3) is 2.83. The van der Waals surface area contributed by atoms with Gasteiger partial charge in [-0.2, -0.15) is 0 Å². The van der Waals surface area contributed by atoms with E-state index in [4.69, 9.17) is 4.42 Å². The fraction of sp³-hybridized carbons (Fsp3) is 0.409. The molecule has 4 nitrogen and oxygen atoms in total. The predicted octanol–water partition coefficient (Wildman–Crippen LogP) is 5.00. The molecule has 134 valence electrons. The van der Waals surface area contributed by atoms with E-state index >= 15 is 0 Å². The molecule has 5 rings (SSSR count). The number of rotatable bonds is 5. The number of amides is 1. The lowest BCUT2D eigenvalue weighted by molar-refractivity contribution is 0.0711. The van der Waals surface area contributed by atoms with E-state index in [2.05, 4.69) is 43.1 Å². The highest BCUT2D eigenvalue weighted by molar-refractivity contribution is 5.98. The van der Waals surface area contributed by atoms with E-state index in [0.29, 0.717) is 24.2 Å². The number of furan rings is 1. The number of hydrogen-bond donors (Lipinski definition) is 1. The van der Waals surface area contributed by atoms with Gasteiger partial charge in [0.25, 0.3) is 5.91 Å². The van der Waals surface area contributed by atoms with E-state index in [9.17, 15) is 4.79 Å². The fourth-order valence-corrected chi connectivity index (χ4v) is 3.83. The summed E-state index contributed by atoms with van der Waals surface area (Å²) in [6.45, 7) is 4.87. The maximum Gasteiger partial charge on any atom is 0.270 e. The summed E-state index contributed by atoms with van der Waals surface area (Å²) >= 11 is 0. The van der Waals surface area contributed by atoms with Crippen LogP contribution in [0.1, 0.15) is 59.7 Å². The smallest absolute Gasteiger partial charge is 0.270 e. The van der Waals surface area contributed by atoms with Crippen molar-refractivity contribution in [2.45, 2.75) is 51.6 Å². The van der Waals surface area contributed by atoms with Gasteiger partial charge in [0, 0.05) is 22.9 Å². The number of fused-ring (bicyclic) bond motifs is 1. The summed E-state index contributed by atoms with van der Waals surface area (Å²) in [5.74, 6) is 3.35. The van der Waals surface area contributed by atoms with Crippen LogP contribution in [0, 0.1) is 12.8 Å². The second-order valence-electron chi connectivity index (χ2n) is 8.06. The number of aryl methyl sites for hydroxylation is 1. The lowest BCUT2D eigenvalue weighted by Crippen LogP contribution is -2.32. The standard InChI is InChI=1S/C22H24N2O2/c1-13-3-4-15-11-20(23-19(15)9-13)22(25)24(16-5-6-16)12-17-7-8-21(26-17)18-10-14(18)2/h3-4,7-9,11,14,16,18,23H,5-6,10,12H2,1-2H3. The highest BCUT2D eigenvalue weighted by atomic mass is 16.3. The van der Waals surface area contributed by atoms with Gasteiger partial charge >= 0.3 is 0 Å². The topological polar surface area (TPSA) is 49.2 Å². The molecule has 2 aromatic heterocycles. The Morgan fingerprint density at radius 2 is 2.04 bits per heavy atom. The molecule has 3 aromatic rings. The molecule has 2 heterocycles. The molecular weight excluding hydrogens is 324 g/mol. The Balaban J connectivity index is 1.39. The van der Waals surface area contributed by atoms with Crippen molar-refractivity contribution in [1.82, 2.24) is 9.88 Å². The van der Waals surface area contributed by atoms with E-state index in [1.807, 2.05) is 17.0 Å². The van der Waals surface area contributed by atoms with E-state index in [-0.39, 0.29) is 5.91 Å². The van der Waals surface area contributed by atoms with Crippen LogP contribution in [0.5, 0.6) is 0 Å². The Labute approximate surface area is 153 Å². The molecule has 1 aromatic carbocycles. The number of nitrogens with zero attached hydrogens (tertiary/aromatic N) is 1. The Kier molecular flexibility index (Phi) is 3.49. The molecular formula is C22H24N2O2. The number of nitrogens with one attached hydrogen (secondary N) is 1. The SMILES string of the molecule is Cc1ccc2cc(C(=O)N(Cc3ccc(C4CC4C)o3)C3CC3)[nH]c2c1. The lowest BCUT2D eigenvalue weighted by atomic mass is 10.2. The predicted molar refractivity (Wildman–Crippen MR) is 101 cm³/mol. The summed E-state index contributed by atoms with van der Waals surface area (Å²) in [7, 11) is 0. The molecule has 0 spiro atoms. The molecule has 1 N–H and O–H groups in total. The van der Waals surface area contributed by atoms with Crippen molar-refractivity contribution >= 4 is 16.8 Å². The molecule has 2 unspecified atom stereocenters.